The molecule has 0 atom stereocenters. The summed E-state index contributed by atoms with van der Waals surface area (Å²) >= 11 is 0. The van der Waals surface area contributed by atoms with Gasteiger partial charge in [-0.05, 0) is 30.3 Å². The number of carbonyl (C=O) groups is 2. The van der Waals surface area contributed by atoms with Crippen molar-refractivity contribution >= 4 is 17.5 Å². The number of nitrogens with zero attached hydrogens (tertiary/aromatic N) is 1. The van der Waals surface area contributed by atoms with Gasteiger partial charge >= 0.3 is 5.91 Å². The minimum absolute atomic E-state index is 0.0000642. The van der Waals surface area contributed by atoms with E-state index < -0.39 is 16.7 Å². The van der Waals surface area contributed by atoms with Crippen LogP contribution < -0.4 is 15.6 Å². The third-order valence-corrected chi connectivity index (χ3v) is 3.72. The zero-order valence-electron chi connectivity index (χ0n) is 14.5. The van der Waals surface area contributed by atoms with Crippen LogP contribution in [-0.2, 0) is 6.61 Å². The van der Waals surface area contributed by atoms with E-state index in [1.165, 1.54) is 30.5 Å². The molecule has 0 bridgehead atoms. The number of hydrogen-bond donors (Lipinski definition) is 2. The number of furan rings is 1. The van der Waals surface area contributed by atoms with Gasteiger partial charge < -0.3 is 9.15 Å². The fourth-order valence-corrected chi connectivity index (χ4v) is 2.30. The highest BCUT2D eigenvalue weighted by molar-refractivity contribution is 5.98. The maximum Gasteiger partial charge on any atom is 0.305 e. The highest BCUT2D eigenvalue weighted by atomic mass is 16.6. The first kappa shape index (κ1) is 18.6. The lowest BCUT2D eigenvalue weighted by molar-refractivity contribution is -0.384. The lowest BCUT2D eigenvalue weighted by atomic mass is 10.2. The second kappa shape index (κ2) is 8.49. The van der Waals surface area contributed by atoms with Crippen LogP contribution in [0.5, 0.6) is 5.75 Å². The smallest absolute Gasteiger partial charge is 0.305 e. The number of carbonyl (C=O) groups excluding carboxylic acids is 2. The first-order valence-electron chi connectivity index (χ1n) is 8.14. The number of hydrazine groups is 1. The highest BCUT2D eigenvalue weighted by Crippen LogP contribution is 2.16. The largest absolute Gasteiger partial charge is 0.489 e. The molecule has 0 saturated carbocycles. The average Bonchev–Trinajstić information content (AvgIpc) is 3.20. The van der Waals surface area contributed by atoms with Crippen molar-refractivity contribution in [1.29, 1.82) is 0 Å². The second-order valence-electron chi connectivity index (χ2n) is 5.59. The predicted octanol–water partition coefficient (Wildman–Crippen LogP) is 2.84. The topological polar surface area (TPSA) is 124 Å². The average molecular weight is 381 g/mol. The molecule has 3 aromatic rings. The fourth-order valence-electron chi connectivity index (χ4n) is 2.30. The minimum Gasteiger partial charge on any atom is -0.489 e. The van der Waals surface area contributed by atoms with Crippen LogP contribution in [0, 0.1) is 10.1 Å². The Labute approximate surface area is 159 Å². The van der Waals surface area contributed by atoms with Crippen LogP contribution in [0.2, 0.25) is 0 Å². The molecule has 2 amide bonds. The minimum atomic E-state index is -0.660. The van der Waals surface area contributed by atoms with Crippen molar-refractivity contribution in [2.45, 2.75) is 6.61 Å². The number of non-ortho nitro benzene ring substituents is 1. The van der Waals surface area contributed by atoms with Crippen LogP contribution in [0.4, 0.5) is 5.69 Å². The van der Waals surface area contributed by atoms with Gasteiger partial charge in [-0.25, -0.2) is 0 Å². The van der Waals surface area contributed by atoms with E-state index in [1.807, 2.05) is 18.2 Å². The lowest BCUT2D eigenvalue weighted by Crippen LogP contribution is -2.41. The third-order valence-electron chi connectivity index (χ3n) is 3.72. The Hall–Kier alpha value is -4.14. The molecule has 0 aliphatic carbocycles. The van der Waals surface area contributed by atoms with Crippen LogP contribution in [0.1, 0.15) is 26.5 Å². The second-order valence-corrected chi connectivity index (χ2v) is 5.59. The first-order valence-corrected chi connectivity index (χ1v) is 8.14. The molecule has 0 aliphatic rings. The number of ether oxygens (including phenoxy) is 1. The molecule has 2 aromatic carbocycles. The number of nitro groups is 1. The molecule has 0 saturated heterocycles. The Morgan fingerprint density at radius 2 is 1.64 bits per heavy atom. The fraction of sp³-hybridized carbons (Fsp3) is 0.0526. The number of amides is 2. The van der Waals surface area contributed by atoms with E-state index in [9.17, 15) is 19.7 Å². The molecular formula is C19H15N3O6. The van der Waals surface area contributed by atoms with Crippen molar-refractivity contribution in [2.24, 2.45) is 0 Å². The van der Waals surface area contributed by atoms with Crippen molar-refractivity contribution < 1.29 is 23.7 Å². The van der Waals surface area contributed by atoms with Crippen molar-refractivity contribution in [1.82, 2.24) is 10.9 Å². The van der Waals surface area contributed by atoms with E-state index in [2.05, 4.69) is 10.9 Å². The summed E-state index contributed by atoms with van der Waals surface area (Å²) in [4.78, 5) is 34.4. The van der Waals surface area contributed by atoms with Crippen LogP contribution in [0.15, 0.2) is 71.3 Å². The Morgan fingerprint density at radius 1 is 0.964 bits per heavy atom. The zero-order valence-corrected chi connectivity index (χ0v) is 14.5. The number of para-hydroxylation sites is 1. The van der Waals surface area contributed by atoms with Gasteiger partial charge in [-0.1, -0.05) is 18.2 Å². The van der Waals surface area contributed by atoms with Crippen LogP contribution in [0.3, 0.4) is 0 Å². The third kappa shape index (κ3) is 4.52. The number of nitrogens with one attached hydrogen (secondary N) is 2. The number of hydrogen-bond acceptors (Lipinski definition) is 6. The molecule has 9 nitrogen and oxygen atoms in total. The monoisotopic (exact) mass is 381 g/mol. The van der Waals surface area contributed by atoms with Crippen molar-refractivity contribution in [3.63, 3.8) is 0 Å². The lowest BCUT2D eigenvalue weighted by Gasteiger charge is -2.08. The Bertz CT molecular complexity index is 982. The normalized spacial score (nSPS) is 10.1. The first-order chi connectivity index (χ1) is 13.5. The van der Waals surface area contributed by atoms with Crippen molar-refractivity contribution in [3.05, 3.63) is 93.9 Å². The van der Waals surface area contributed by atoms with Crippen molar-refractivity contribution in [3.8, 4) is 5.75 Å². The maximum atomic E-state index is 12.3. The van der Waals surface area contributed by atoms with Crippen LogP contribution >= 0.6 is 0 Å². The zero-order chi connectivity index (χ0) is 19.9. The van der Waals surface area contributed by atoms with Crippen LogP contribution in [0.25, 0.3) is 0 Å². The van der Waals surface area contributed by atoms with E-state index in [0.29, 0.717) is 11.3 Å². The SMILES string of the molecule is O=C(NNC(=O)c1occc1COc1ccccc1)c1ccc([N+](=O)[O-])cc1. The van der Waals surface area contributed by atoms with Gasteiger partial charge in [0.2, 0.25) is 0 Å². The summed E-state index contributed by atoms with van der Waals surface area (Å²) in [5.74, 6) is -0.648. The van der Waals surface area contributed by atoms with Gasteiger partial charge in [-0.15, -0.1) is 0 Å². The molecule has 9 heteroatoms. The van der Waals surface area contributed by atoms with Gasteiger partial charge in [-0.2, -0.15) is 0 Å². The number of rotatable bonds is 6. The van der Waals surface area contributed by atoms with Gasteiger partial charge in [0.25, 0.3) is 11.6 Å². The summed E-state index contributed by atoms with van der Waals surface area (Å²) in [6.45, 7) is 0.111. The molecule has 1 aromatic heterocycles. The molecule has 0 unspecified atom stereocenters. The molecule has 0 spiro atoms. The van der Waals surface area contributed by atoms with E-state index in [1.54, 1.807) is 18.2 Å². The standard InChI is InChI=1S/C19H15N3O6/c23-18(13-6-8-15(9-7-13)22(25)26)20-21-19(24)17-14(10-11-27-17)12-28-16-4-2-1-3-5-16/h1-11H,12H2,(H,20,23)(H,21,24). The Balaban J connectivity index is 1.57. The van der Waals surface area contributed by atoms with Crippen LogP contribution in [-0.4, -0.2) is 16.7 Å². The molecule has 2 N–H and O–H groups in total. The van der Waals surface area contributed by atoms with E-state index >= 15 is 0 Å². The highest BCUT2D eigenvalue weighted by Gasteiger charge is 2.17. The maximum absolute atomic E-state index is 12.3. The summed E-state index contributed by atoms with van der Waals surface area (Å²) in [5, 5.41) is 10.6. The summed E-state index contributed by atoms with van der Waals surface area (Å²) < 4.78 is 10.8. The van der Waals surface area contributed by atoms with E-state index in [4.69, 9.17) is 9.15 Å². The molecule has 1 heterocycles. The molecule has 28 heavy (non-hydrogen) atoms. The van der Waals surface area contributed by atoms with Gasteiger partial charge in [-0.3, -0.25) is 30.6 Å². The summed E-state index contributed by atoms with van der Waals surface area (Å²) in [6, 6.07) is 15.6. The molecule has 0 fully saturated rings. The molecule has 142 valence electrons. The van der Waals surface area contributed by atoms with E-state index in [0.717, 1.165) is 0 Å². The molecule has 0 aliphatic heterocycles. The van der Waals surface area contributed by atoms with E-state index in [-0.39, 0.29) is 23.6 Å². The summed E-state index contributed by atoms with van der Waals surface area (Å²) in [6.07, 6.45) is 1.34. The van der Waals surface area contributed by atoms with Gasteiger partial charge in [0.1, 0.15) is 12.4 Å². The number of nitro benzene ring substituents is 1. The Morgan fingerprint density at radius 3 is 2.32 bits per heavy atom. The molecular weight excluding hydrogens is 366 g/mol. The Kier molecular flexibility index (Phi) is 5.66. The predicted molar refractivity (Wildman–Crippen MR) is 97.5 cm³/mol. The molecule has 3 rings (SSSR count). The van der Waals surface area contributed by atoms with Crippen molar-refractivity contribution in [2.75, 3.05) is 0 Å². The number of benzene rings is 2. The molecule has 0 radical (unpaired) electrons. The quantitative estimate of drug-likeness (QED) is 0.500. The van der Waals surface area contributed by atoms with Gasteiger partial charge in [0.15, 0.2) is 5.76 Å². The van der Waals surface area contributed by atoms with Gasteiger partial charge in [0, 0.05) is 23.3 Å². The summed E-state index contributed by atoms with van der Waals surface area (Å²) in [7, 11) is 0. The summed E-state index contributed by atoms with van der Waals surface area (Å²) in [5.41, 5.74) is 4.98. The van der Waals surface area contributed by atoms with Gasteiger partial charge in [0.05, 0.1) is 11.2 Å².